The molecule has 1 aromatic rings. The largest absolute Gasteiger partial charge is 0.206 e. The molecule has 2 heteroatoms. The lowest BCUT2D eigenvalue weighted by atomic mass is 10.1. The van der Waals surface area contributed by atoms with Crippen molar-refractivity contribution in [1.82, 2.24) is 0 Å². The minimum atomic E-state index is -0.100. The Morgan fingerprint density at radius 2 is 2.09 bits per heavy atom. The fraction of sp³-hybridized carbons (Fsp3) is 0.333. The molecule has 0 N–H and O–H groups in total. The van der Waals surface area contributed by atoms with Crippen molar-refractivity contribution in [3.05, 3.63) is 35.1 Å². The van der Waals surface area contributed by atoms with E-state index in [1.807, 2.05) is 13.0 Å². The van der Waals surface area contributed by atoms with E-state index in [9.17, 15) is 4.39 Å². The van der Waals surface area contributed by atoms with Crippen LogP contribution >= 0.6 is 15.9 Å². The second-order valence-electron chi connectivity index (χ2n) is 2.59. The molecule has 0 bridgehead atoms. The summed E-state index contributed by atoms with van der Waals surface area (Å²) in [6.07, 6.45) is 0. The maximum Gasteiger partial charge on any atom is 0.130 e. The van der Waals surface area contributed by atoms with Crippen LogP contribution in [-0.2, 0) is 0 Å². The van der Waals surface area contributed by atoms with E-state index in [1.54, 1.807) is 19.1 Å². The van der Waals surface area contributed by atoms with E-state index < -0.39 is 0 Å². The zero-order chi connectivity index (χ0) is 8.43. The highest BCUT2D eigenvalue weighted by atomic mass is 79.9. The van der Waals surface area contributed by atoms with Gasteiger partial charge in [-0.2, -0.15) is 0 Å². The second-order valence-corrected chi connectivity index (χ2v) is 3.97. The third-order valence-electron chi connectivity index (χ3n) is 1.65. The van der Waals surface area contributed by atoms with Crippen molar-refractivity contribution >= 4 is 15.9 Å². The molecule has 1 aromatic carbocycles. The van der Waals surface area contributed by atoms with Crippen LogP contribution in [0, 0.1) is 12.7 Å². The first-order chi connectivity index (χ1) is 5.13. The molecule has 1 rings (SSSR count). The summed E-state index contributed by atoms with van der Waals surface area (Å²) in [5.74, 6) is -0.100. The van der Waals surface area contributed by atoms with E-state index in [4.69, 9.17) is 0 Å². The first-order valence-corrected chi connectivity index (χ1v) is 4.43. The third kappa shape index (κ3) is 1.80. The summed E-state index contributed by atoms with van der Waals surface area (Å²) in [5, 5.41) is 0. The Labute approximate surface area is 74.6 Å². The van der Waals surface area contributed by atoms with Crippen molar-refractivity contribution in [2.45, 2.75) is 18.7 Å². The molecule has 0 radical (unpaired) electrons. The van der Waals surface area contributed by atoms with Gasteiger partial charge < -0.3 is 0 Å². The Morgan fingerprint density at radius 3 is 2.55 bits per heavy atom. The van der Waals surface area contributed by atoms with E-state index in [0.717, 1.165) is 5.56 Å². The van der Waals surface area contributed by atoms with Crippen molar-refractivity contribution in [3.8, 4) is 0 Å². The molecular weight excluding hydrogens is 207 g/mol. The van der Waals surface area contributed by atoms with E-state index in [2.05, 4.69) is 15.9 Å². The Kier molecular flexibility index (Phi) is 2.66. The number of alkyl halides is 1. The molecule has 1 atom stereocenters. The molecule has 0 fully saturated rings. The summed E-state index contributed by atoms with van der Waals surface area (Å²) in [6, 6.07) is 5.43. The number of benzene rings is 1. The van der Waals surface area contributed by atoms with Crippen molar-refractivity contribution in [2.24, 2.45) is 0 Å². The van der Waals surface area contributed by atoms with Crippen LogP contribution < -0.4 is 0 Å². The summed E-state index contributed by atoms with van der Waals surface area (Å²) in [5.41, 5.74) is 1.43. The van der Waals surface area contributed by atoms with Crippen LogP contribution in [0.25, 0.3) is 0 Å². The fourth-order valence-electron chi connectivity index (χ4n) is 0.977. The summed E-state index contributed by atoms with van der Waals surface area (Å²) >= 11 is 3.33. The zero-order valence-corrected chi connectivity index (χ0v) is 8.15. The molecule has 11 heavy (non-hydrogen) atoms. The maximum atomic E-state index is 13.2. The summed E-state index contributed by atoms with van der Waals surface area (Å²) in [4.78, 5) is 0.0856. The van der Waals surface area contributed by atoms with Gasteiger partial charge >= 0.3 is 0 Å². The van der Waals surface area contributed by atoms with Crippen LogP contribution in [0.2, 0.25) is 0 Å². The van der Waals surface area contributed by atoms with E-state index in [0.29, 0.717) is 5.56 Å². The molecule has 0 nitrogen and oxygen atoms in total. The average molecular weight is 217 g/mol. The van der Waals surface area contributed by atoms with Gasteiger partial charge in [-0.15, -0.1) is 0 Å². The lowest BCUT2D eigenvalue weighted by Crippen LogP contribution is -1.92. The number of hydrogen-bond acceptors (Lipinski definition) is 0. The van der Waals surface area contributed by atoms with Gasteiger partial charge in [-0.3, -0.25) is 0 Å². The average Bonchev–Trinajstić information content (AvgIpc) is 1.94. The van der Waals surface area contributed by atoms with Crippen molar-refractivity contribution in [3.63, 3.8) is 0 Å². The van der Waals surface area contributed by atoms with Gasteiger partial charge in [0.05, 0.1) is 0 Å². The van der Waals surface area contributed by atoms with Crippen LogP contribution in [0.3, 0.4) is 0 Å². The first kappa shape index (κ1) is 8.72. The van der Waals surface area contributed by atoms with Gasteiger partial charge in [0.25, 0.3) is 0 Å². The second kappa shape index (κ2) is 3.35. The highest BCUT2D eigenvalue weighted by molar-refractivity contribution is 9.09. The van der Waals surface area contributed by atoms with E-state index in [1.165, 1.54) is 0 Å². The Morgan fingerprint density at radius 1 is 1.45 bits per heavy atom. The molecule has 0 saturated heterocycles. The summed E-state index contributed by atoms with van der Waals surface area (Å²) in [7, 11) is 0. The Bertz CT molecular complexity index is 256. The minimum Gasteiger partial charge on any atom is -0.206 e. The maximum absolute atomic E-state index is 13.2. The van der Waals surface area contributed by atoms with E-state index >= 15 is 0 Å². The number of halogens is 2. The molecule has 0 aliphatic heterocycles. The van der Waals surface area contributed by atoms with Crippen molar-refractivity contribution < 1.29 is 4.39 Å². The van der Waals surface area contributed by atoms with Gasteiger partial charge in [-0.05, 0) is 19.4 Å². The van der Waals surface area contributed by atoms with Crippen LogP contribution in [0.15, 0.2) is 18.2 Å². The zero-order valence-electron chi connectivity index (χ0n) is 6.57. The first-order valence-electron chi connectivity index (χ1n) is 3.52. The molecule has 0 heterocycles. The highest BCUT2D eigenvalue weighted by Gasteiger charge is 2.08. The normalized spacial score (nSPS) is 13.1. The quantitative estimate of drug-likeness (QED) is 0.630. The van der Waals surface area contributed by atoms with Crippen LogP contribution in [0.4, 0.5) is 4.39 Å². The monoisotopic (exact) mass is 216 g/mol. The van der Waals surface area contributed by atoms with Gasteiger partial charge in [-0.1, -0.05) is 34.1 Å². The van der Waals surface area contributed by atoms with Crippen LogP contribution in [0.5, 0.6) is 0 Å². The summed E-state index contributed by atoms with van der Waals surface area (Å²) in [6.45, 7) is 3.69. The van der Waals surface area contributed by atoms with Crippen molar-refractivity contribution in [2.75, 3.05) is 0 Å². The number of hydrogen-bond donors (Lipinski definition) is 0. The lowest BCUT2D eigenvalue weighted by Gasteiger charge is -2.06. The molecule has 0 aliphatic carbocycles. The molecule has 1 unspecified atom stereocenters. The van der Waals surface area contributed by atoms with Gasteiger partial charge in [0.2, 0.25) is 0 Å². The topological polar surface area (TPSA) is 0 Å². The standard InChI is InChI=1S/C9H10BrF/c1-6-4-3-5-8(7(2)10)9(6)11/h3-5,7H,1-2H3. The molecule has 60 valence electrons. The van der Waals surface area contributed by atoms with Crippen LogP contribution in [0.1, 0.15) is 22.9 Å². The smallest absolute Gasteiger partial charge is 0.130 e. The summed E-state index contributed by atoms with van der Waals surface area (Å²) < 4.78 is 13.2. The lowest BCUT2D eigenvalue weighted by molar-refractivity contribution is 0.602. The Hall–Kier alpha value is -0.370. The van der Waals surface area contributed by atoms with Gasteiger partial charge in [-0.25, -0.2) is 4.39 Å². The minimum absolute atomic E-state index is 0.0856. The van der Waals surface area contributed by atoms with E-state index in [-0.39, 0.29) is 10.6 Å². The molecular formula is C9H10BrF. The Balaban J connectivity index is 3.17. The van der Waals surface area contributed by atoms with Crippen LogP contribution in [-0.4, -0.2) is 0 Å². The highest BCUT2D eigenvalue weighted by Crippen LogP contribution is 2.25. The fourth-order valence-corrected chi connectivity index (χ4v) is 1.33. The molecule has 0 saturated carbocycles. The molecule has 0 amide bonds. The third-order valence-corrected chi connectivity index (χ3v) is 2.14. The van der Waals surface area contributed by atoms with Gasteiger partial charge in [0, 0.05) is 10.4 Å². The SMILES string of the molecule is Cc1cccc(C(C)Br)c1F. The number of rotatable bonds is 1. The van der Waals surface area contributed by atoms with Crippen molar-refractivity contribution in [1.29, 1.82) is 0 Å². The number of aryl methyl sites for hydroxylation is 1. The predicted molar refractivity (Wildman–Crippen MR) is 48.5 cm³/mol. The molecule has 0 aliphatic rings. The molecule has 0 spiro atoms. The molecule has 0 aromatic heterocycles. The van der Waals surface area contributed by atoms with Gasteiger partial charge in [0.15, 0.2) is 0 Å². The predicted octanol–water partition coefficient (Wildman–Crippen LogP) is 3.59. The van der Waals surface area contributed by atoms with Gasteiger partial charge in [0.1, 0.15) is 5.82 Å².